The van der Waals surface area contributed by atoms with Crippen LogP contribution in [0.25, 0.3) is 12.2 Å². The van der Waals surface area contributed by atoms with Gasteiger partial charge in [-0.25, -0.2) is 0 Å². The van der Waals surface area contributed by atoms with Gasteiger partial charge < -0.3 is 18.9 Å². The molecule has 0 bridgehead atoms. The number of rotatable bonds is 22. The molecule has 0 unspecified atom stereocenters. The smallest absolute Gasteiger partial charge is 0.119 e. The van der Waals surface area contributed by atoms with E-state index in [9.17, 15) is 0 Å². The van der Waals surface area contributed by atoms with Crippen molar-refractivity contribution in [3.63, 3.8) is 0 Å². The van der Waals surface area contributed by atoms with Crippen molar-refractivity contribution in [2.75, 3.05) is 26.4 Å². The van der Waals surface area contributed by atoms with Gasteiger partial charge in [-0.15, -0.1) is 0 Å². The van der Waals surface area contributed by atoms with E-state index in [2.05, 4.69) is 131 Å². The van der Waals surface area contributed by atoms with Crippen LogP contribution in [0.3, 0.4) is 0 Å². The highest BCUT2D eigenvalue weighted by Gasteiger charge is 2.31. The lowest BCUT2D eigenvalue weighted by atomic mass is 9.70. The monoisotopic (exact) mass is 708 g/mol. The maximum Gasteiger partial charge on any atom is 0.119 e. The molecule has 0 saturated heterocycles. The van der Waals surface area contributed by atoms with Crippen molar-refractivity contribution in [1.82, 2.24) is 0 Å². The average molecular weight is 709 g/mol. The van der Waals surface area contributed by atoms with Crippen LogP contribution < -0.4 is 9.47 Å². The number of hydrogen-bond acceptors (Lipinski definition) is 4. The summed E-state index contributed by atoms with van der Waals surface area (Å²) < 4.78 is 23.9. The fourth-order valence-corrected chi connectivity index (χ4v) is 6.85. The minimum atomic E-state index is -0.394. The minimum Gasteiger partial charge on any atom is -0.491 e. The Kier molecular flexibility index (Phi) is 15.1. The van der Waals surface area contributed by atoms with E-state index >= 15 is 0 Å². The standard InChI is InChI=1S/C49H56O4/c1-6-10-42(11-7-2)43-20-22-44(23-21-43)49(5,45-24-28-47(29-25-45)52-34-32-50-36-40-16-12-38(8-3)13-17-40)46-26-30-48(31-27-46)53-35-33-51-37-41-18-14-39(9-4)15-19-41/h8-9,12-31,42H,3-4,6-7,10-11,32-37H2,1-2,5H3. The van der Waals surface area contributed by atoms with E-state index in [1.165, 1.54) is 47.9 Å². The van der Waals surface area contributed by atoms with Crippen LogP contribution in [0.1, 0.15) is 96.9 Å². The summed E-state index contributed by atoms with van der Waals surface area (Å²) >= 11 is 0. The predicted octanol–water partition coefficient (Wildman–Crippen LogP) is 12.2. The first-order valence-corrected chi connectivity index (χ1v) is 19.1. The molecule has 4 heteroatoms. The van der Waals surface area contributed by atoms with E-state index in [1.54, 1.807) is 0 Å². The second kappa shape index (κ2) is 20.4. The molecule has 0 aliphatic rings. The Morgan fingerprint density at radius 1 is 0.509 bits per heavy atom. The molecule has 5 aromatic rings. The maximum atomic E-state index is 6.08. The number of benzene rings is 5. The molecule has 276 valence electrons. The zero-order valence-corrected chi connectivity index (χ0v) is 31.9. The van der Waals surface area contributed by atoms with E-state index in [-0.39, 0.29) is 0 Å². The minimum absolute atomic E-state index is 0.394. The Bertz CT molecular complexity index is 1690. The van der Waals surface area contributed by atoms with E-state index in [0.717, 1.165) is 33.8 Å². The zero-order valence-electron chi connectivity index (χ0n) is 31.9. The summed E-state index contributed by atoms with van der Waals surface area (Å²) in [6.45, 7) is 17.6. The molecule has 5 rings (SSSR count). The number of hydrogen-bond donors (Lipinski definition) is 0. The summed E-state index contributed by atoms with van der Waals surface area (Å²) in [5, 5.41) is 0. The molecule has 0 spiro atoms. The van der Waals surface area contributed by atoms with Gasteiger partial charge in [-0.3, -0.25) is 0 Å². The van der Waals surface area contributed by atoms with Crippen molar-refractivity contribution in [2.45, 2.75) is 71.0 Å². The van der Waals surface area contributed by atoms with E-state index in [4.69, 9.17) is 18.9 Å². The second-order valence-electron chi connectivity index (χ2n) is 13.8. The SMILES string of the molecule is C=Cc1ccc(COCCOc2ccc(C(C)(c3ccc(OCCOCc4ccc(C=C)cc4)cc3)c3ccc(C(CCC)CCC)cc3)cc2)cc1. The third-order valence-corrected chi connectivity index (χ3v) is 10.1. The molecule has 0 saturated carbocycles. The van der Waals surface area contributed by atoms with Crippen LogP contribution in [0.15, 0.2) is 134 Å². The van der Waals surface area contributed by atoms with Crippen LogP contribution >= 0.6 is 0 Å². The molecule has 0 atom stereocenters. The molecule has 0 radical (unpaired) electrons. The summed E-state index contributed by atoms with van der Waals surface area (Å²) in [6.07, 6.45) is 8.51. The predicted molar refractivity (Wildman–Crippen MR) is 221 cm³/mol. The molecule has 0 fully saturated rings. The molecule has 0 N–H and O–H groups in total. The fraction of sp³-hybridized carbons (Fsp3) is 0.306. The Morgan fingerprint density at radius 2 is 0.887 bits per heavy atom. The summed E-state index contributed by atoms with van der Waals surface area (Å²) in [5.74, 6) is 2.25. The highest BCUT2D eigenvalue weighted by molar-refractivity contribution is 5.52. The van der Waals surface area contributed by atoms with Crippen LogP contribution in [0.4, 0.5) is 0 Å². The Balaban J connectivity index is 1.25. The Labute approximate surface area is 318 Å². The van der Waals surface area contributed by atoms with Crippen molar-refractivity contribution in [2.24, 2.45) is 0 Å². The Hall–Kier alpha value is -4.90. The first-order valence-electron chi connectivity index (χ1n) is 19.1. The van der Waals surface area contributed by atoms with Crippen molar-refractivity contribution < 1.29 is 18.9 Å². The third kappa shape index (κ3) is 11.1. The first-order chi connectivity index (χ1) is 26.0. The Morgan fingerprint density at radius 3 is 1.25 bits per heavy atom. The molecule has 0 heterocycles. The second-order valence-corrected chi connectivity index (χ2v) is 13.8. The first kappa shape index (κ1) is 39.3. The summed E-state index contributed by atoms with van der Waals surface area (Å²) in [4.78, 5) is 0. The van der Waals surface area contributed by atoms with Crippen molar-refractivity contribution in [1.29, 1.82) is 0 Å². The van der Waals surface area contributed by atoms with E-state index in [0.29, 0.717) is 45.6 Å². The molecular weight excluding hydrogens is 653 g/mol. The normalized spacial score (nSPS) is 11.4. The average Bonchev–Trinajstić information content (AvgIpc) is 3.21. The van der Waals surface area contributed by atoms with Gasteiger partial charge in [0.25, 0.3) is 0 Å². The van der Waals surface area contributed by atoms with Gasteiger partial charge in [0.15, 0.2) is 0 Å². The van der Waals surface area contributed by atoms with Crippen LogP contribution in [-0.4, -0.2) is 26.4 Å². The summed E-state index contributed by atoms with van der Waals surface area (Å²) in [5.41, 5.74) is 9.15. The van der Waals surface area contributed by atoms with Gasteiger partial charge in [0.2, 0.25) is 0 Å². The molecule has 0 aliphatic carbocycles. The van der Waals surface area contributed by atoms with Crippen LogP contribution in [-0.2, 0) is 28.1 Å². The van der Waals surface area contributed by atoms with Gasteiger partial charge in [0.05, 0.1) is 26.4 Å². The van der Waals surface area contributed by atoms with Crippen molar-refractivity contribution in [3.05, 3.63) is 179 Å². The van der Waals surface area contributed by atoms with E-state index < -0.39 is 5.41 Å². The van der Waals surface area contributed by atoms with Crippen molar-refractivity contribution in [3.8, 4) is 11.5 Å². The molecule has 4 nitrogen and oxygen atoms in total. The van der Waals surface area contributed by atoms with Gasteiger partial charge in [-0.2, -0.15) is 0 Å². The lowest BCUT2D eigenvalue weighted by Gasteiger charge is -2.32. The summed E-state index contributed by atoms with van der Waals surface area (Å²) in [7, 11) is 0. The molecule has 0 aliphatic heterocycles. The lowest BCUT2D eigenvalue weighted by molar-refractivity contribution is 0.0889. The summed E-state index contributed by atoms with van der Waals surface area (Å²) in [6, 6.07) is 42.9. The van der Waals surface area contributed by atoms with Crippen LogP contribution in [0.2, 0.25) is 0 Å². The lowest BCUT2D eigenvalue weighted by Crippen LogP contribution is -2.25. The van der Waals surface area contributed by atoms with Gasteiger partial charge in [-0.1, -0.05) is 149 Å². The molecule has 0 aromatic heterocycles. The molecule has 0 amide bonds. The van der Waals surface area contributed by atoms with Gasteiger partial charge in [0.1, 0.15) is 24.7 Å². The number of ether oxygens (including phenoxy) is 4. The largest absolute Gasteiger partial charge is 0.491 e. The maximum absolute atomic E-state index is 6.08. The van der Waals surface area contributed by atoms with Gasteiger partial charge in [0, 0.05) is 5.41 Å². The zero-order chi connectivity index (χ0) is 37.3. The molecule has 5 aromatic carbocycles. The fourth-order valence-electron chi connectivity index (χ4n) is 6.85. The van der Waals surface area contributed by atoms with E-state index in [1.807, 2.05) is 36.4 Å². The van der Waals surface area contributed by atoms with Crippen molar-refractivity contribution >= 4 is 12.2 Å². The van der Waals surface area contributed by atoms with Crippen LogP contribution in [0, 0.1) is 0 Å². The highest BCUT2D eigenvalue weighted by Crippen LogP contribution is 2.41. The quantitative estimate of drug-likeness (QED) is 0.0530. The molecular formula is C49H56O4. The third-order valence-electron chi connectivity index (χ3n) is 10.1. The topological polar surface area (TPSA) is 36.9 Å². The highest BCUT2D eigenvalue weighted by atomic mass is 16.5. The van der Waals surface area contributed by atoms with Crippen LogP contribution in [0.5, 0.6) is 11.5 Å². The van der Waals surface area contributed by atoms with Gasteiger partial charge in [-0.05, 0) is 94.5 Å². The van der Waals surface area contributed by atoms with Gasteiger partial charge >= 0.3 is 0 Å². The molecule has 53 heavy (non-hydrogen) atoms.